The van der Waals surface area contributed by atoms with Crippen LogP contribution in [-0.2, 0) is 5.75 Å². The Labute approximate surface area is 167 Å². The van der Waals surface area contributed by atoms with Gasteiger partial charge in [0, 0.05) is 29.8 Å². The third kappa shape index (κ3) is 6.11. The molecule has 0 aliphatic carbocycles. The minimum absolute atomic E-state index is 0.312. The average Bonchev–Trinajstić information content (AvgIpc) is 2.68. The van der Waals surface area contributed by atoms with Gasteiger partial charge in [0.2, 0.25) is 0 Å². The number of thioether (sulfide) groups is 1. The largest absolute Gasteiger partial charge is 0.619 e. The Morgan fingerprint density at radius 2 is 1.83 bits per heavy atom. The fourth-order valence-corrected chi connectivity index (χ4v) is 3.26. The number of carbonyl (C=O) groups is 1. The Hall–Kier alpha value is -3.27. The number of carbonyl (C=O) groups excluding carboxylic acids is 1. The van der Waals surface area contributed by atoms with Crippen LogP contribution >= 0.6 is 11.8 Å². The minimum atomic E-state index is -4.78. The standard InChI is InChI=1S/C19H14F3N3O3S/c20-19(21,22)28-15-5-3-14(4-6-15)24-17(26)16-2-1-9-23-18(16)29-12-13-7-10-25(27)11-8-13/h1-11H,12H2,(H,24,26). The SMILES string of the molecule is O=C(Nc1ccc(OC(F)(F)F)cc1)c1cccnc1SCc1cc[n+]([O-])cc1. The molecule has 2 aromatic heterocycles. The van der Waals surface area contributed by atoms with Crippen LogP contribution in [0, 0.1) is 5.21 Å². The highest BCUT2D eigenvalue weighted by molar-refractivity contribution is 7.98. The van der Waals surface area contributed by atoms with Crippen LogP contribution in [0.1, 0.15) is 15.9 Å². The van der Waals surface area contributed by atoms with Crippen molar-refractivity contribution >= 4 is 23.4 Å². The number of pyridine rings is 2. The molecule has 0 bridgehead atoms. The molecule has 1 aromatic carbocycles. The van der Waals surface area contributed by atoms with Gasteiger partial charge >= 0.3 is 6.36 Å². The zero-order valence-corrected chi connectivity index (χ0v) is 15.5. The summed E-state index contributed by atoms with van der Waals surface area (Å²) in [4.78, 5) is 16.8. The summed E-state index contributed by atoms with van der Waals surface area (Å²) in [5.41, 5.74) is 1.52. The Bertz CT molecular complexity index is 980. The lowest BCUT2D eigenvalue weighted by atomic mass is 10.2. The first-order valence-electron chi connectivity index (χ1n) is 8.23. The lowest BCUT2D eigenvalue weighted by Crippen LogP contribution is -2.23. The molecular weight excluding hydrogens is 407 g/mol. The Kier molecular flexibility index (Phi) is 6.23. The maximum atomic E-state index is 12.6. The molecule has 150 valence electrons. The number of benzene rings is 1. The highest BCUT2D eigenvalue weighted by Gasteiger charge is 2.31. The Morgan fingerprint density at radius 1 is 1.14 bits per heavy atom. The molecule has 1 N–H and O–H groups in total. The molecule has 1 amide bonds. The van der Waals surface area contributed by atoms with Crippen molar-refractivity contribution in [3.8, 4) is 5.75 Å². The molecule has 29 heavy (non-hydrogen) atoms. The highest BCUT2D eigenvalue weighted by atomic mass is 32.2. The quantitative estimate of drug-likeness (QED) is 0.367. The number of hydrogen-bond donors (Lipinski definition) is 1. The van der Waals surface area contributed by atoms with Gasteiger partial charge in [-0.1, -0.05) is 0 Å². The minimum Gasteiger partial charge on any atom is -0.619 e. The third-order valence-corrected chi connectivity index (χ3v) is 4.68. The van der Waals surface area contributed by atoms with Crippen LogP contribution in [0.4, 0.5) is 18.9 Å². The van der Waals surface area contributed by atoms with Crippen molar-refractivity contribution in [1.82, 2.24) is 4.98 Å². The van der Waals surface area contributed by atoms with Crippen LogP contribution in [0.25, 0.3) is 0 Å². The van der Waals surface area contributed by atoms with E-state index in [0.717, 1.165) is 17.7 Å². The van der Waals surface area contributed by atoms with E-state index in [-0.39, 0.29) is 5.75 Å². The van der Waals surface area contributed by atoms with Crippen molar-refractivity contribution in [2.24, 2.45) is 0 Å². The first-order chi connectivity index (χ1) is 13.8. The number of nitrogens with one attached hydrogen (secondary N) is 1. The summed E-state index contributed by atoms with van der Waals surface area (Å²) in [7, 11) is 0. The predicted octanol–water partition coefficient (Wildman–Crippen LogP) is 4.16. The van der Waals surface area contributed by atoms with E-state index in [2.05, 4.69) is 15.0 Å². The van der Waals surface area contributed by atoms with Crippen LogP contribution in [0.2, 0.25) is 0 Å². The Balaban J connectivity index is 1.67. The maximum Gasteiger partial charge on any atom is 0.573 e. The van der Waals surface area contributed by atoms with E-state index in [1.807, 2.05) is 0 Å². The van der Waals surface area contributed by atoms with E-state index in [1.54, 1.807) is 30.5 Å². The number of nitrogens with zero attached hydrogens (tertiary/aromatic N) is 2. The first kappa shape index (κ1) is 20.5. The van der Waals surface area contributed by atoms with Crippen LogP contribution in [0.15, 0.2) is 72.1 Å². The summed E-state index contributed by atoms with van der Waals surface area (Å²) in [6.45, 7) is 0. The number of halogens is 3. The van der Waals surface area contributed by atoms with E-state index >= 15 is 0 Å². The molecule has 0 unspecified atom stereocenters. The molecule has 0 saturated heterocycles. The predicted molar refractivity (Wildman–Crippen MR) is 100 cm³/mol. The number of hydrogen-bond acceptors (Lipinski definition) is 5. The summed E-state index contributed by atoms with van der Waals surface area (Å²) in [6, 6.07) is 11.4. The third-order valence-electron chi connectivity index (χ3n) is 3.61. The maximum absolute atomic E-state index is 12.6. The van der Waals surface area contributed by atoms with Gasteiger partial charge in [-0.3, -0.25) is 4.79 Å². The van der Waals surface area contributed by atoms with Crippen LogP contribution < -0.4 is 14.8 Å². The van der Waals surface area contributed by atoms with Crippen molar-refractivity contribution in [1.29, 1.82) is 0 Å². The molecule has 0 radical (unpaired) electrons. The molecule has 0 aliphatic rings. The zero-order chi connectivity index (χ0) is 20.9. The van der Waals surface area contributed by atoms with E-state index in [4.69, 9.17) is 0 Å². The fraction of sp³-hybridized carbons (Fsp3) is 0.105. The topological polar surface area (TPSA) is 78.2 Å². The monoisotopic (exact) mass is 421 g/mol. The summed E-state index contributed by atoms with van der Waals surface area (Å²) in [5, 5.41) is 14.2. The van der Waals surface area contributed by atoms with Gasteiger partial charge in [0.1, 0.15) is 10.8 Å². The smallest absolute Gasteiger partial charge is 0.573 e. The number of aromatic nitrogens is 2. The van der Waals surface area contributed by atoms with Crippen molar-refractivity contribution < 1.29 is 27.4 Å². The first-order valence-corrected chi connectivity index (χ1v) is 9.21. The van der Waals surface area contributed by atoms with Crippen molar-refractivity contribution in [3.63, 3.8) is 0 Å². The number of amides is 1. The van der Waals surface area contributed by atoms with Crippen molar-refractivity contribution in [2.75, 3.05) is 5.32 Å². The molecule has 0 atom stereocenters. The van der Waals surface area contributed by atoms with E-state index < -0.39 is 12.3 Å². The summed E-state index contributed by atoms with van der Waals surface area (Å²) in [6.07, 6.45) is -0.458. The Morgan fingerprint density at radius 3 is 2.48 bits per heavy atom. The molecule has 0 spiro atoms. The number of alkyl halides is 3. The van der Waals surface area contributed by atoms with Gasteiger partial charge in [0.05, 0.1) is 5.56 Å². The molecule has 0 saturated carbocycles. The van der Waals surface area contributed by atoms with Crippen molar-refractivity contribution in [3.05, 3.63) is 83.5 Å². The normalized spacial score (nSPS) is 11.1. The van der Waals surface area contributed by atoms with Gasteiger partial charge in [0.15, 0.2) is 12.4 Å². The summed E-state index contributed by atoms with van der Waals surface area (Å²) in [5.74, 6) is -0.326. The average molecular weight is 421 g/mol. The number of anilines is 1. The van der Waals surface area contributed by atoms with Gasteiger partial charge in [-0.2, -0.15) is 4.73 Å². The summed E-state index contributed by atoms with van der Waals surface area (Å²) >= 11 is 1.33. The van der Waals surface area contributed by atoms with Gasteiger partial charge in [-0.15, -0.1) is 24.9 Å². The molecule has 3 rings (SSSR count). The molecule has 0 aliphatic heterocycles. The van der Waals surface area contributed by atoms with Crippen LogP contribution in [0.3, 0.4) is 0 Å². The van der Waals surface area contributed by atoms with Crippen LogP contribution in [-0.4, -0.2) is 17.3 Å². The van der Waals surface area contributed by atoms with Crippen molar-refractivity contribution in [2.45, 2.75) is 17.1 Å². The van der Waals surface area contributed by atoms with Crippen LogP contribution in [0.5, 0.6) is 5.75 Å². The van der Waals surface area contributed by atoms with E-state index in [9.17, 15) is 23.2 Å². The lowest BCUT2D eigenvalue weighted by molar-refractivity contribution is -0.605. The molecule has 10 heteroatoms. The zero-order valence-electron chi connectivity index (χ0n) is 14.7. The van der Waals surface area contributed by atoms with E-state index in [0.29, 0.717) is 26.8 Å². The van der Waals surface area contributed by atoms with Gasteiger partial charge in [-0.05, 0) is 42.0 Å². The van der Waals surface area contributed by atoms with Gasteiger partial charge < -0.3 is 15.3 Å². The van der Waals surface area contributed by atoms with Gasteiger partial charge in [0.25, 0.3) is 5.91 Å². The summed E-state index contributed by atoms with van der Waals surface area (Å²) < 4.78 is 41.1. The molecule has 3 aromatic rings. The second-order valence-corrected chi connectivity index (χ2v) is 6.70. The van der Waals surface area contributed by atoms with E-state index in [1.165, 1.54) is 36.3 Å². The molecular formula is C19H14F3N3O3S. The van der Waals surface area contributed by atoms with Gasteiger partial charge in [-0.25, -0.2) is 4.98 Å². The molecule has 6 nitrogen and oxygen atoms in total. The molecule has 0 fully saturated rings. The number of rotatable bonds is 6. The molecule has 2 heterocycles. The fourth-order valence-electron chi connectivity index (χ4n) is 2.31. The second kappa shape index (κ2) is 8.82. The second-order valence-electron chi connectivity index (χ2n) is 5.74. The highest BCUT2D eigenvalue weighted by Crippen LogP contribution is 2.26. The lowest BCUT2D eigenvalue weighted by Gasteiger charge is -2.11. The number of ether oxygens (including phenoxy) is 1.